The minimum absolute atomic E-state index is 0.317. The summed E-state index contributed by atoms with van der Waals surface area (Å²) in [5.41, 5.74) is 5.41. The van der Waals surface area contributed by atoms with Gasteiger partial charge in [-0.2, -0.15) is 5.10 Å². The lowest BCUT2D eigenvalue weighted by molar-refractivity contribution is 0.420. The first-order valence-electron chi connectivity index (χ1n) is 12.5. The molecule has 0 spiro atoms. The highest BCUT2D eigenvalue weighted by molar-refractivity contribution is 6.01. The van der Waals surface area contributed by atoms with E-state index in [0.29, 0.717) is 17.0 Å². The van der Waals surface area contributed by atoms with Crippen LogP contribution in [0.4, 0.5) is 10.1 Å². The molecule has 4 nitrogen and oxygen atoms in total. The van der Waals surface area contributed by atoms with E-state index < -0.39 is 5.54 Å². The summed E-state index contributed by atoms with van der Waals surface area (Å²) in [7, 11) is 1.65. The van der Waals surface area contributed by atoms with Gasteiger partial charge in [0.25, 0.3) is 0 Å². The maximum absolute atomic E-state index is 14.1. The Labute approximate surface area is 220 Å². The molecule has 0 radical (unpaired) electrons. The molecule has 0 unspecified atom stereocenters. The highest BCUT2D eigenvalue weighted by Crippen LogP contribution is 2.45. The van der Waals surface area contributed by atoms with Crippen LogP contribution in [0.25, 0.3) is 22.2 Å². The third-order valence-electron chi connectivity index (χ3n) is 6.93. The van der Waals surface area contributed by atoms with Crippen LogP contribution in [-0.2, 0) is 5.54 Å². The Morgan fingerprint density at radius 1 is 0.711 bits per heavy atom. The Balaban J connectivity index is 1.62. The van der Waals surface area contributed by atoms with Crippen molar-refractivity contribution in [1.29, 1.82) is 0 Å². The van der Waals surface area contributed by atoms with Crippen molar-refractivity contribution in [3.63, 3.8) is 0 Å². The fraction of sp³-hybridized carbons (Fsp3) is 0.0606. The number of ether oxygens (including phenoxy) is 1. The molecule has 0 aliphatic heterocycles. The molecule has 0 saturated carbocycles. The van der Waals surface area contributed by atoms with Gasteiger partial charge in [0.05, 0.1) is 23.7 Å². The van der Waals surface area contributed by atoms with Crippen LogP contribution in [-0.4, -0.2) is 17.3 Å². The van der Waals surface area contributed by atoms with Crippen molar-refractivity contribution in [3.05, 3.63) is 150 Å². The van der Waals surface area contributed by atoms with E-state index in [0.717, 1.165) is 33.3 Å². The average molecular weight is 500 g/mol. The Kier molecular flexibility index (Phi) is 6.10. The molecule has 5 aromatic carbocycles. The predicted molar refractivity (Wildman–Crippen MR) is 151 cm³/mol. The number of aromatic amines is 1. The third-order valence-corrected chi connectivity index (χ3v) is 6.93. The summed E-state index contributed by atoms with van der Waals surface area (Å²) in [5.74, 6) is 0.311. The second-order valence-electron chi connectivity index (χ2n) is 9.12. The summed E-state index contributed by atoms with van der Waals surface area (Å²) < 4.78 is 20.2. The molecule has 0 bridgehead atoms. The number of methoxy groups -OCH3 is 1. The van der Waals surface area contributed by atoms with Crippen molar-refractivity contribution in [2.24, 2.45) is 0 Å². The Morgan fingerprint density at radius 2 is 1.29 bits per heavy atom. The number of hydrogen-bond acceptors (Lipinski definition) is 3. The van der Waals surface area contributed by atoms with Gasteiger partial charge in [0.2, 0.25) is 0 Å². The van der Waals surface area contributed by atoms with Gasteiger partial charge in [-0.1, -0.05) is 103 Å². The molecule has 0 saturated heterocycles. The van der Waals surface area contributed by atoms with E-state index in [4.69, 9.17) is 4.74 Å². The molecule has 0 aliphatic carbocycles. The fourth-order valence-corrected chi connectivity index (χ4v) is 5.22. The number of anilines is 1. The molecule has 1 heterocycles. The van der Waals surface area contributed by atoms with Gasteiger partial charge < -0.3 is 10.1 Å². The molecule has 6 aromatic rings. The molecular weight excluding hydrogens is 473 g/mol. The first kappa shape index (κ1) is 23.5. The van der Waals surface area contributed by atoms with Crippen LogP contribution < -0.4 is 10.1 Å². The maximum Gasteiger partial charge on any atom is 0.153 e. The third kappa shape index (κ3) is 3.98. The normalized spacial score (nSPS) is 11.4. The SMILES string of the molecule is COc1c(NC(c2ccccc2)(c2ccccc2)c2ccccc2)ccc2[nH]nc(-c3cccc(F)c3)c12. The average Bonchev–Trinajstić information content (AvgIpc) is 3.41. The highest BCUT2D eigenvalue weighted by atomic mass is 19.1. The van der Waals surface area contributed by atoms with E-state index in [1.807, 2.05) is 36.4 Å². The van der Waals surface area contributed by atoms with E-state index >= 15 is 0 Å². The number of hydrogen-bond donors (Lipinski definition) is 2. The van der Waals surface area contributed by atoms with Gasteiger partial charge in [-0.3, -0.25) is 5.10 Å². The van der Waals surface area contributed by atoms with Gasteiger partial charge in [0.15, 0.2) is 5.75 Å². The molecule has 38 heavy (non-hydrogen) atoms. The van der Waals surface area contributed by atoms with Crippen LogP contribution >= 0.6 is 0 Å². The van der Waals surface area contributed by atoms with Crippen LogP contribution in [0, 0.1) is 5.82 Å². The zero-order chi connectivity index (χ0) is 26.0. The molecule has 1 aromatic heterocycles. The van der Waals surface area contributed by atoms with Crippen molar-refractivity contribution in [2.45, 2.75) is 5.54 Å². The van der Waals surface area contributed by atoms with Crippen molar-refractivity contribution in [2.75, 3.05) is 12.4 Å². The van der Waals surface area contributed by atoms with Crippen molar-refractivity contribution in [1.82, 2.24) is 10.2 Å². The first-order valence-corrected chi connectivity index (χ1v) is 12.5. The molecule has 0 atom stereocenters. The summed E-state index contributed by atoms with van der Waals surface area (Å²) in [6.45, 7) is 0. The number of aromatic nitrogens is 2. The summed E-state index contributed by atoms with van der Waals surface area (Å²) in [5, 5.41) is 12.3. The van der Waals surface area contributed by atoms with E-state index in [-0.39, 0.29) is 5.82 Å². The predicted octanol–water partition coefficient (Wildman–Crippen LogP) is 7.78. The summed E-state index contributed by atoms with van der Waals surface area (Å²) in [4.78, 5) is 0. The molecule has 0 aliphatic rings. The second-order valence-corrected chi connectivity index (χ2v) is 9.12. The topological polar surface area (TPSA) is 49.9 Å². The molecular formula is C33H26FN3O. The van der Waals surface area contributed by atoms with Crippen molar-refractivity contribution >= 4 is 16.6 Å². The van der Waals surface area contributed by atoms with Gasteiger partial charge in [-0.15, -0.1) is 0 Å². The molecule has 0 fully saturated rings. The highest BCUT2D eigenvalue weighted by Gasteiger charge is 2.37. The van der Waals surface area contributed by atoms with E-state index in [9.17, 15) is 4.39 Å². The second kappa shape index (κ2) is 9.87. The number of halogens is 1. The number of rotatable bonds is 7. The minimum Gasteiger partial charge on any atom is -0.494 e. The van der Waals surface area contributed by atoms with Crippen LogP contribution in [0.3, 0.4) is 0 Å². The van der Waals surface area contributed by atoms with E-state index in [1.165, 1.54) is 12.1 Å². The number of H-pyrrole nitrogens is 1. The van der Waals surface area contributed by atoms with Crippen LogP contribution in [0.15, 0.2) is 127 Å². The lowest BCUT2D eigenvalue weighted by atomic mass is 9.76. The molecule has 186 valence electrons. The number of benzene rings is 5. The number of nitrogens with zero attached hydrogens (tertiary/aromatic N) is 1. The largest absolute Gasteiger partial charge is 0.494 e. The Bertz CT molecular complexity index is 1590. The van der Waals surface area contributed by atoms with E-state index in [2.05, 4.69) is 88.3 Å². The summed E-state index contributed by atoms with van der Waals surface area (Å²) in [6, 6.07) is 41.6. The van der Waals surface area contributed by atoms with Crippen LogP contribution in [0.2, 0.25) is 0 Å². The zero-order valence-electron chi connectivity index (χ0n) is 20.9. The molecule has 0 amide bonds. The lowest BCUT2D eigenvalue weighted by Crippen LogP contribution is -2.38. The van der Waals surface area contributed by atoms with Crippen molar-refractivity contribution in [3.8, 4) is 17.0 Å². The smallest absolute Gasteiger partial charge is 0.153 e. The first-order chi connectivity index (χ1) is 18.7. The summed E-state index contributed by atoms with van der Waals surface area (Å²) in [6.07, 6.45) is 0. The van der Waals surface area contributed by atoms with Gasteiger partial charge in [0.1, 0.15) is 17.1 Å². The van der Waals surface area contributed by atoms with Crippen molar-refractivity contribution < 1.29 is 9.13 Å². The number of nitrogens with one attached hydrogen (secondary N) is 2. The van der Waals surface area contributed by atoms with Gasteiger partial charge in [0, 0.05) is 5.56 Å². The van der Waals surface area contributed by atoms with Crippen LogP contribution in [0.1, 0.15) is 16.7 Å². The van der Waals surface area contributed by atoms with Gasteiger partial charge in [-0.25, -0.2) is 4.39 Å². The standard InChI is InChI=1S/C33H26FN3O/c1-38-32-29(21-20-28-30(32)31(37-36-28)23-12-11-19-27(34)22-23)35-33(24-13-5-2-6-14-24,25-15-7-3-8-16-25)26-17-9-4-10-18-26/h2-22,35H,1H3,(H,36,37). The number of fused-ring (bicyclic) bond motifs is 1. The molecule has 6 rings (SSSR count). The van der Waals surface area contributed by atoms with E-state index in [1.54, 1.807) is 13.2 Å². The Hall–Kier alpha value is -4.90. The van der Waals surface area contributed by atoms with Gasteiger partial charge in [-0.05, 0) is 41.0 Å². The van der Waals surface area contributed by atoms with Gasteiger partial charge >= 0.3 is 0 Å². The Morgan fingerprint density at radius 3 is 1.82 bits per heavy atom. The maximum atomic E-state index is 14.1. The zero-order valence-corrected chi connectivity index (χ0v) is 20.9. The van der Waals surface area contributed by atoms with Crippen LogP contribution in [0.5, 0.6) is 5.75 Å². The molecule has 2 N–H and O–H groups in total. The minimum atomic E-state index is -0.729. The quantitative estimate of drug-likeness (QED) is 0.221. The monoisotopic (exact) mass is 499 g/mol. The summed E-state index contributed by atoms with van der Waals surface area (Å²) >= 11 is 0. The molecule has 5 heteroatoms. The lowest BCUT2D eigenvalue weighted by Gasteiger charge is -2.38. The fourth-order valence-electron chi connectivity index (χ4n) is 5.22.